The smallest absolute Gasteiger partial charge is 0.273 e. The molecule has 0 saturated heterocycles. The van der Waals surface area contributed by atoms with E-state index in [1.54, 1.807) is 10.7 Å². The molecular weight excluding hydrogens is 370 g/mol. The van der Waals surface area contributed by atoms with Crippen LogP contribution >= 0.6 is 0 Å². The molecular formula is C21H25N5O3. The van der Waals surface area contributed by atoms with Gasteiger partial charge in [-0.25, -0.2) is 0 Å². The maximum atomic E-state index is 12.9. The molecule has 152 valence electrons. The Morgan fingerprint density at radius 2 is 2.17 bits per heavy atom. The van der Waals surface area contributed by atoms with Gasteiger partial charge in [0, 0.05) is 36.4 Å². The second-order valence-corrected chi connectivity index (χ2v) is 7.31. The minimum absolute atomic E-state index is 0.117. The van der Waals surface area contributed by atoms with Gasteiger partial charge in [-0.3, -0.25) is 14.6 Å². The van der Waals surface area contributed by atoms with E-state index in [9.17, 15) is 4.79 Å². The number of aromatic nitrogens is 4. The van der Waals surface area contributed by atoms with Crippen LogP contribution in [0, 0.1) is 13.8 Å². The summed E-state index contributed by atoms with van der Waals surface area (Å²) in [6.07, 6.45) is 0.948. The first kappa shape index (κ1) is 19.0. The van der Waals surface area contributed by atoms with Gasteiger partial charge in [0.25, 0.3) is 5.91 Å². The molecule has 1 unspecified atom stereocenters. The summed E-state index contributed by atoms with van der Waals surface area (Å²) in [4.78, 5) is 12.9. The number of benzene rings is 1. The third-order valence-corrected chi connectivity index (χ3v) is 5.13. The third-order valence-electron chi connectivity index (χ3n) is 5.13. The van der Waals surface area contributed by atoms with Crippen molar-refractivity contribution in [1.82, 2.24) is 20.0 Å². The molecule has 1 aliphatic heterocycles. The zero-order valence-electron chi connectivity index (χ0n) is 17.3. The van der Waals surface area contributed by atoms with Gasteiger partial charge in [-0.2, -0.15) is 10.2 Å². The van der Waals surface area contributed by atoms with Gasteiger partial charge in [0.1, 0.15) is 23.3 Å². The van der Waals surface area contributed by atoms with Crippen LogP contribution in [0.5, 0.6) is 11.5 Å². The first-order valence-electron chi connectivity index (χ1n) is 9.71. The summed E-state index contributed by atoms with van der Waals surface area (Å²) in [6.45, 7) is 8.34. The molecule has 8 nitrogen and oxygen atoms in total. The molecule has 1 amide bonds. The van der Waals surface area contributed by atoms with E-state index >= 15 is 0 Å². The Morgan fingerprint density at radius 3 is 2.86 bits per heavy atom. The van der Waals surface area contributed by atoms with E-state index in [4.69, 9.17) is 9.47 Å². The molecule has 0 saturated carbocycles. The maximum Gasteiger partial charge on any atom is 0.273 e. The lowest BCUT2D eigenvalue weighted by atomic mass is 10.1. The lowest BCUT2D eigenvalue weighted by Gasteiger charge is -2.13. The Balaban J connectivity index is 1.61. The molecule has 0 radical (unpaired) electrons. The number of aromatic amines is 1. The summed E-state index contributed by atoms with van der Waals surface area (Å²) in [5.74, 6) is 1.12. The number of nitrogens with one attached hydrogen (secondary N) is 2. The number of H-pyrrole nitrogens is 1. The standard InChI is InChI=1S/C21H25N5O3/c1-6-28-19-8-14-7-11(2)29-18(14)10-15(19)22-21(27)17-9-16(23-24-17)20-12(3)25-26(5)13(20)4/h8-11H,6-7H2,1-5H3,(H,22,27)(H,23,24). The van der Waals surface area contributed by atoms with Gasteiger partial charge in [0.15, 0.2) is 0 Å². The Morgan fingerprint density at radius 1 is 1.38 bits per heavy atom. The predicted molar refractivity (Wildman–Crippen MR) is 110 cm³/mol. The lowest BCUT2D eigenvalue weighted by Crippen LogP contribution is -2.13. The van der Waals surface area contributed by atoms with Crippen molar-refractivity contribution in [2.75, 3.05) is 11.9 Å². The van der Waals surface area contributed by atoms with E-state index in [1.165, 1.54) is 0 Å². The fraction of sp³-hybridized carbons (Fsp3) is 0.381. The Bertz CT molecular complexity index is 1080. The van der Waals surface area contributed by atoms with Gasteiger partial charge in [0.05, 0.1) is 23.7 Å². The van der Waals surface area contributed by atoms with E-state index in [1.807, 2.05) is 46.9 Å². The van der Waals surface area contributed by atoms with Crippen molar-refractivity contribution in [3.05, 3.63) is 40.8 Å². The number of carbonyl (C=O) groups excluding carboxylic acids is 1. The highest BCUT2D eigenvalue weighted by Crippen LogP contribution is 2.38. The number of nitrogens with zero attached hydrogens (tertiary/aromatic N) is 3. The van der Waals surface area contributed by atoms with Gasteiger partial charge in [-0.05, 0) is 39.8 Å². The highest BCUT2D eigenvalue weighted by Gasteiger charge is 2.23. The number of rotatable bonds is 5. The summed E-state index contributed by atoms with van der Waals surface area (Å²) < 4.78 is 13.4. The van der Waals surface area contributed by atoms with Crippen LogP contribution < -0.4 is 14.8 Å². The van der Waals surface area contributed by atoms with Crippen LogP contribution in [0.3, 0.4) is 0 Å². The number of ether oxygens (including phenoxy) is 2. The Labute approximate surface area is 169 Å². The average molecular weight is 395 g/mol. The minimum Gasteiger partial charge on any atom is -0.492 e. The van der Waals surface area contributed by atoms with E-state index in [0.29, 0.717) is 29.4 Å². The molecule has 0 bridgehead atoms. The molecule has 8 heteroatoms. The number of hydrogen-bond donors (Lipinski definition) is 2. The molecule has 3 aromatic rings. The average Bonchev–Trinajstić information content (AvgIpc) is 3.33. The van der Waals surface area contributed by atoms with Gasteiger partial charge in [-0.15, -0.1) is 0 Å². The molecule has 0 spiro atoms. The quantitative estimate of drug-likeness (QED) is 0.690. The summed E-state index contributed by atoms with van der Waals surface area (Å²) >= 11 is 0. The molecule has 4 rings (SSSR count). The third kappa shape index (κ3) is 3.46. The molecule has 3 heterocycles. The second kappa shape index (κ2) is 7.27. The van der Waals surface area contributed by atoms with Crippen molar-refractivity contribution in [3.8, 4) is 22.8 Å². The highest BCUT2D eigenvalue weighted by molar-refractivity contribution is 6.04. The largest absolute Gasteiger partial charge is 0.492 e. The van der Waals surface area contributed by atoms with Crippen LogP contribution in [0.15, 0.2) is 18.2 Å². The summed E-state index contributed by atoms with van der Waals surface area (Å²) in [7, 11) is 1.89. The van der Waals surface area contributed by atoms with Crippen LogP contribution in [-0.2, 0) is 13.5 Å². The van der Waals surface area contributed by atoms with Gasteiger partial charge in [-0.1, -0.05) is 0 Å². The molecule has 2 aromatic heterocycles. The Hall–Kier alpha value is -3.29. The number of hydrogen-bond acceptors (Lipinski definition) is 5. The van der Waals surface area contributed by atoms with Crippen molar-refractivity contribution >= 4 is 11.6 Å². The van der Waals surface area contributed by atoms with Crippen molar-refractivity contribution < 1.29 is 14.3 Å². The molecule has 0 aliphatic carbocycles. The van der Waals surface area contributed by atoms with E-state index < -0.39 is 0 Å². The van der Waals surface area contributed by atoms with E-state index in [-0.39, 0.29) is 12.0 Å². The molecule has 1 aliphatic rings. The maximum absolute atomic E-state index is 12.9. The summed E-state index contributed by atoms with van der Waals surface area (Å²) in [5, 5.41) is 14.5. The molecule has 1 atom stereocenters. The predicted octanol–water partition coefficient (Wildman–Crippen LogP) is 3.40. The number of anilines is 1. The van der Waals surface area contributed by atoms with Crippen LogP contribution in [0.25, 0.3) is 11.3 Å². The second-order valence-electron chi connectivity index (χ2n) is 7.31. The molecule has 1 aromatic carbocycles. The van der Waals surface area contributed by atoms with Gasteiger partial charge in [0.2, 0.25) is 0 Å². The number of carbonyl (C=O) groups is 1. The van der Waals surface area contributed by atoms with Crippen LogP contribution in [0.1, 0.15) is 41.3 Å². The lowest BCUT2D eigenvalue weighted by molar-refractivity contribution is 0.102. The minimum atomic E-state index is -0.296. The van der Waals surface area contributed by atoms with Crippen molar-refractivity contribution in [2.24, 2.45) is 7.05 Å². The first-order valence-corrected chi connectivity index (χ1v) is 9.71. The van der Waals surface area contributed by atoms with Gasteiger partial charge < -0.3 is 14.8 Å². The summed E-state index contributed by atoms with van der Waals surface area (Å²) in [6, 6.07) is 5.51. The fourth-order valence-corrected chi connectivity index (χ4v) is 3.71. The summed E-state index contributed by atoms with van der Waals surface area (Å²) in [5.41, 5.74) is 5.50. The topological polar surface area (TPSA) is 94.1 Å². The fourth-order valence-electron chi connectivity index (χ4n) is 3.71. The van der Waals surface area contributed by atoms with Crippen LogP contribution in [-0.4, -0.2) is 38.6 Å². The number of amides is 1. The monoisotopic (exact) mass is 395 g/mol. The van der Waals surface area contributed by atoms with Crippen LogP contribution in [0.4, 0.5) is 5.69 Å². The number of fused-ring (bicyclic) bond motifs is 1. The Kier molecular flexibility index (Phi) is 4.77. The first-order chi connectivity index (χ1) is 13.9. The zero-order chi connectivity index (χ0) is 20.7. The van der Waals surface area contributed by atoms with E-state index in [2.05, 4.69) is 20.6 Å². The zero-order valence-corrected chi connectivity index (χ0v) is 17.3. The normalized spacial score (nSPS) is 15.1. The van der Waals surface area contributed by atoms with Crippen molar-refractivity contribution in [1.29, 1.82) is 0 Å². The van der Waals surface area contributed by atoms with E-state index in [0.717, 1.165) is 34.7 Å². The van der Waals surface area contributed by atoms with Gasteiger partial charge >= 0.3 is 0 Å². The highest BCUT2D eigenvalue weighted by atomic mass is 16.5. The SMILES string of the molecule is CCOc1cc2c(cc1NC(=O)c1cc(-c3c(C)nn(C)c3C)n[nH]1)OC(C)C2. The van der Waals surface area contributed by atoms with Crippen LogP contribution in [0.2, 0.25) is 0 Å². The molecule has 29 heavy (non-hydrogen) atoms. The number of aryl methyl sites for hydroxylation is 2. The van der Waals surface area contributed by atoms with Crippen molar-refractivity contribution in [2.45, 2.75) is 40.2 Å². The van der Waals surface area contributed by atoms with Crippen molar-refractivity contribution in [3.63, 3.8) is 0 Å². The molecule has 0 fully saturated rings. The molecule has 2 N–H and O–H groups in total.